The minimum absolute atomic E-state index is 0.142. The first kappa shape index (κ1) is 15.7. The maximum Gasteiger partial charge on any atom is 0.254 e. The van der Waals surface area contributed by atoms with Crippen molar-refractivity contribution in [3.05, 3.63) is 65.8 Å². The van der Waals surface area contributed by atoms with Gasteiger partial charge in [0, 0.05) is 30.9 Å². The molecule has 8 heteroatoms. The van der Waals surface area contributed by atoms with E-state index in [1.807, 2.05) is 0 Å². The SMILES string of the molecule is O=C(NCCc1nc(-c2cccnc2)no1)c1cccc(F)c1F. The first-order valence-corrected chi connectivity index (χ1v) is 7.10. The van der Waals surface area contributed by atoms with Crippen molar-refractivity contribution in [2.24, 2.45) is 0 Å². The first-order valence-electron chi connectivity index (χ1n) is 7.10. The van der Waals surface area contributed by atoms with E-state index in [4.69, 9.17) is 4.52 Å². The number of rotatable bonds is 5. The average molecular weight is 330 g/mol. The van der Waals surface area contributed by atoms with E-state index in [0.29, 0.717) is 17.3 Å². The third-order valence-electron chi connectivity index (χ3n) is 3.21. The van der Waals surface area contributed by atoms with Gasteiger partial charge in [-0.05, 0) is 24.3 Å². The van der Waals surface area contributed by atoms with Crippen molar-refractivity contribution in [2.75, 3.05) is 6.54 Å². The molecule has 2 heterocycles. The van der Waals surface area contributed by atoms with Gasteiger partial charge in [-0.25, -0.2) is 8.78 Å². The third kappa shape index (κ3) is 3.43. The zero-order chi connectivity index (χ0) is 16.9. The fourth-order valence-corrected chi connectivity index (χ4v) is 2.03. The lowest BCUT2D eigenvalue weighted by Gasteiger charge is -2.04. The predicted octanol–water partition coefficient (Wildman–Crippen LogP) is 2.38. The minimum atomic E-state index is -1.17. The Morgan fingerprint density at radius 3 is 2.88 bits per heavy atom. The molecule has 0 aliphatic heterocycles. The van der Waals surface area contributed by atoms with Crippen LogP contribution in [0.3, 0.4) is 0 Å². The Balaban J connectivity index is 1.58. The van der Waals surface area contributed by atoms with Gasteiger partial charge in [0.15, 0.2) is 11.6 Å². The molecule has 0 aliphatic carbocycles. The second-order valence-corrected chi connectivity index (χ2v) is 4.86. The fourth-order valence-electron chi connectivity index (χ4n) is 2.03. The number of hydrogen-bond acceptors (Lipinski definition) is 5. The van der Waals surface area contributed by atoms with Gasteiger partial charge in [0.25, 0.3) is 5.91 Å². The molecule has 0 spiro atoms. The van der Waals surface area contributed by atoms with Crippen molar-refractivity contribution in [2.45, 2.75) is 6.42 Å². The average Bonchev–Trinajstić information content (AvgIpc) is 3.07. The largest absolute Gasteiger partial charge is 0.351 e. The van der Waals surface area contributed by atoms with Crippen LogP contribution in [0.2, 0.25) is 0 Å². The number of benzene rings is 1. The Morgan fingerprint density at radius 1 is 1.21 bits per heavy atom. The Morgan fingerprint density at radius 2 is 2.08 bits per heavy atom. The molecule has 1 aromatic carbocycles. The summed E-state index contributed by atoms with van der Waals surface area (Å²) in [6.45, 7) is 0.142. The number of carbonyl (C=O) groups is 1. The van der Waals surface area contributed by atoms with Crippen molar-refractivity contribution in [3.63, 3.8) is 0 Å². The number of amides is 1. The smallest absolute Gasteiger partial charge is 0.254 e. The Labute approximate surface area is 135 Å². The standard InChI is InChI=1S/C16H12F2N4O2/c17-12-5-1-4-11(14(12)18)16(23)20-8-6-13-21-15(22-24-13)10-3-2-7-19-9-10/h1-5,7,9H,6,8H2,(H,20,23). The van der Waals surface area contributed by atoms with E-state index in [1.165, 1.54) is 12.1 Å². The van der Waals surface area contributed by atoms with Crippen molar-refractivity contribution in [1.82, 2.24) is 20.4 Å². The number of nitrogens with zero attached hydrogens (tertiary/aromatic N) is 3. The fraction of sp³-hybridized carbons (Fsp3) is 0.125. The van der Waals surface area contributed by atoms with Gasteiger partial charge in [-0.3, -0.25) is 9.78 Å². The second kappa shape index (κ2) is 6.95. The van der Waals surface area contributed by atoms with E-state index in [9.17, 15) is 13.6 Å². The number of carbonyl (C=O) groups excluding carboxylic acids is 1. The van der Waals surface area contributed by atoms with Crippen molar-refractivity contribution in [3.8, 4) is 11.4 Å². The molecule has 0 unspecified atom stereocenters. The normalized spacial score (nSPS) is 10.6. The number of pyridine rings is 1. The van der Waals surface area contributed by atoms with Gasteiger partial charge < -0.3 is 9.84 Å². The predicted molar refractivity (Wildman–Crippen MR) is 79.9 cm³/mol. The van der Waals surface area contributed by atoms with E-state index in [2.05, 4.69) is 20.4 Å². The number of nitrogens with one attached hydrogen (secondary N) is 1. The van der Waals surface area contributed by atoms with Crippen LogP contribution in [-0.4, -0.2) is 27.6 Å². The first-order chi connectivity index (χ1) is 11.6. The molecule has 1 N–H and O–H groups in total. The quantitative estimate of drug-likeness (QED) is 0.777. The zero-order valence-electron chi connectivity index (χ0n) is 12.4. The highest BCUT2D eigenvalue weighted by atomic mass is 19.2. The molecule has 0 atom stereocenters. The summed E-state index contributed by atoms with van der Waals surface area (Å²) < 4.78 is 31.7. The highest BCUT2D eigenvalue weighted by molar-refractivity contribution is 5.94. The van der Waals surface area contributed by atoms with Gasteiger partial charge in [-0.15, -0.1) is 0 Å². The summed E-state index contributed by atoms with van der Waals surface area (Å²) in [7, 11) is 0. The summed E-state index contributed by atoms with van der Waals surface area (Å²) >= 11 is 0. The lowest BCUT2D eigenvalue weighted by atomic mass is 10.2. The third-order valence-corrected chi connectivity index (χ3v) is 3.21. The van der Waals surface area contributed by atoms with Crippen LogP contribution in [0.5, 0.6) is 0 Å². The van der Waals surface area contributed by atoms with Gasteiger partial charge in [0.05, 0.1) is 5.56 Å². The zero-order valence-corrected chi connectivity index (χ0v) is 12.4. The summed E-state index contributed by atoms with van der Waals surface area (Å²) in [4.78, 5) is 20.0. The molecule has 3 aromatic rings. The maximum absolute atomic E-state index is 13.5. The van der Waals surface area contributed by atoms with Crippen molar-refractivity contribution >= 4 is 5.91 Å². The molecule has 6 nitrogen and oxygen atoms in total. The summed E-state index contributed by atoms with van der Waals surface area (Å²) in [6, 6.07) is 6.96. The molecule has 24 heavy (non-hydrogen) atoms. The van der Waals surface area contributed by atoms with Crippen LogP contribution in [0.25, 0.3) is 11.4 Å². The van der Waals surface area contributed by atoms with Crippen LogP contribution < -0.4 is 5.32 Å². The lowest BCUT2D eigenvalue weighted by molar-refractivity contribution is 0.0948. The van der Waals surface area contributed by atoms with Gasteiger partial charge in [0.1, 0.15) is 0 Å². The monoisotopic (exact) mass is 330 g/mol. The van der Waals surface area contributed by atoms with Crippen molar-refractivity contribution in [1.29, 1.82) is 0 Å². The van der Waals surface area contributed by atoms with Crippen LogP contribution in [0.1, 0.15) is 16.2 Å². The van der Waals surface area contributed by atoms with E-state index >= 15 is 0 Å². The molecular formula is C16H12F2N4O2. The van der Waals surface area contributed by atoms with Crippen molar-refractivity contribution < 1.29 is 18.1 Å². The molecule has 2 aromatic heterocycles. The van der Waals surface area contributed by atoms with Gasteiger partial charge in [-0.2, -0.15) is 4.98 Å². The summed E-state index contributed by atoms with van der Waals surface area (Å²) in [5.74, 6) is -2.25. The van der Waals surface area contributed by atoms with E-state index in [-0.39, 0.29) is 18.5 Å². The maximum atomic E-state index is 13.5. The van der Waals surface area contributed by atoms with Crippen LogP contribution in [0, 0.1) is 11.6 Å². The van der Waals surface area contributed by atoms with Gasteiger partial charge >= 0.3 is 0 Å². The molecule has 0 saturated carbocycles. The molecular weight excluding hydrogens is 318 g/mol. The molecule has 0 saturated heterocycles. The molecule has 0 fully saturated rings. The lowest BCUT2D eigenvalue weighted by Crippen LogP contribution is -2.26. The summed E-state index contributed by atoms with van der Waals surface area (Å²) in [6.07, 6.45) is 3.49. The molecule has 0 aliphatic rings. The van der Waals surface area contributed by atoms with Crippen LogP contribution in [0.15, 0.2) is 47.2 Å². The number of halogens is 2. The molecule has 0 radical (unpaired) electrons. The molecule has 1 amide bonds. The van der Waals surface area contributed by atoms with E-state index < -0.39 is 17.5 Å². The van der Waals surface area contributed by atoms with Gasteiger partial charge in [-0.1, -0.05) is 11.2 Å². The summed E-state index contributed by atoms with van der Waals surface area (Å²) in [5.41, 5.74) is 0.356. The number of aromatic nitrogens is 3. The van der Waals surface area contributed by atoms with Crippen LogP contribution >= 0.6 is 0 Å². The molecule has 3 rings (SSSR count). The summed E-state index contributed by atoms with van der Waals surface area (Å²) in [5, 5.41) is 6.30. The molecule has 0 bridgehead atoms. The van der Waals surface area contributed by atoms with Gasteiger partial charge in [0.2, 0.25) is 11.7 Å². The van der Waals surface area contributed by atoms with E-state index in [0.717, 1.165) is 6.07 Å². The molecule has 122 valence electrons. The highest BCUT2D eigenvalue weighted by Crippen LogP contribution is 2.14. The highest BCUT2D eigenvalue weighted by Gasteiger charge is 2.15. The number of hydrogen-bond donors (Lipinski definition) is 1. The topological polar surface area (TPSA) is 80.9 Å². The Kier molecular flexibility index (Phi) is 4.55. The van der Waals surface area contributed by atoms with Crippen LogP contribution in [0.4, 0.5) is 8.78 Å². The Bertz CT molecular complexity index is 852. The van der Waals surface area contributed by atoms with Crippen LogP contribution in [-0.2, 0) is 6.42 Å². The second-order valence-electron chi connectivity index (χ2n) is 4.86. The Hall–Kier alpha value is -3.16. The van der Waals surface area contributed by atoms with E-state index in [1.54, 1.807) is 24.5 Å². The minimum Gasteiger partial charge on any atom is -0.351 e.